The van der Waals surface area contributed by atoms with Crippen LogP contribution in [0.3, 0.4) is 0 Å². The number of urea groups is 1. The van der Waals surface area contributed by atoms with Gasteiger partial charge in [0.15, 0.2) is 0 Å². The van der Waals surface area contributed by atoms with Crippen LogP contribution in [-0.2, 0) is 20.1 Å². The molecule has 2 amide bonds. The predicted molar refractivity (Wildman–Crippen MR) is 73.5 cm³/mol. The fourth-order valence-electron chi connectivity index (χ4n) is 1.63. The third-order valence-electron chi connectivity index (χ3n) is 2.70. The number of carbonyl (C=O) groups is 2. The molecule has 0 atom stereocenters. The molecule has 3 N–H and O–H groups in total. The van der Waals surface area contributed by atoms with Gasteiger partial charge in [0.2, 0.25) is 0 Å². The van der Waals surface area contributed by atoms with Crippen LogP contribution in [0.1, 0.15) is 21.7 Å². The summed E-state index contributed by atoms with van der Waals surface area (Å²) in [6.07, 6.45) is 3.22. The average molecular weight is 289 g/mol. The van der Waals surface area contributed by atoms with E-state index in [1.54, 1.807) is 24.0 Å². The van der Waals surface area contributed by atoms with Crippen molar-refractivity contribution in [3.8, 4) is 0 Å². The summed E-state index contributed by atoms with van der Waals surface area (Å²) in [6.45, 7) is 0.601. The van der Waals surface area contributed by atoms with Crippen LogP contribution < -0.4 is 10.6 Å². The van der Waals surface area contributed by atoms with Crippen molar-refractivity contribution in [2.75, 3.05) is 0 Å². The first kappa shape index (κ1) is 14.5. The maximum absolute atomic E-state index is 11.6. The second-order valence-corrected chi connectivity index (χ2v) is 4.37. The number of nitrogens with one attached hydrogen (secondary N) is 2. The monoisotopic (exact) mass is 289 g/mol. The van der Waals surface area contributed by atoms with E-state index in [2.05, 4.69) is 20.7 Å². The maximum atomic E-state index is 11.6. The van der Waals surface area contributed by atoms with Gasteiger partial charge in [0, 0.05) is 26.0 Å². The molecule has 21 heavy (non-hydrogen) atoms. The van der Waals surface area contributed by atoms with Crippen LogP contribution >= 0.6 is 0 Å². The summed E-state index contributed by atoms with van der Waals surface area (Å²) in [6, 6.07) is 4.48. The van der Waals surface area contributed by atoms with Gasteiger partial charge < -0.3 is 15.7 Å². The Morgan fingerprint density at radius 2 is 2.00 bits per heavy atom. The molecule has 8 heteroatoms. The van der Waals surface area contributed by atoms with Crippen LogP contribution in [0.2, 0.25) is 0 Å². The van der Waals surface area contributed by atoms with Crippen molar-refractivity contribution in [2.45, 2.75) is 13.1 Å². The molecule has 0 unspecified atom stereocenters. The summed E-state index contributed by atoms with van der Waals surface area (Å²) in [4.78, 5) is 26.0. The van der Waals surface area contributed by atoms with Crippen molar-refractivity contribution in [3.05, 3.63) is 47.5 Å². The summed E-state index contributed by atoms with van der Waals surface area (Å²) in [5, 5.41) is 18.2. The Morgan fingerprint density at radius 3 is 2.57 bits per heavy atom. The molecular formula is C13H15N5O3. The van der Waals surface area contributed by atoms with E-state index in [9.17, 15) is 9.59 Å². The molecule has 0 aromatic carbocycles. The van der Waals surface area contributed by atoms with E-state index in [0.717, 1.165) is 5.69 Å². The number of carbonyl (C=O) groups excluding carboxylic acids is 1. The number of aryl methyl sites for hydroxylation is 1. The highest BCUT2D eigenvalue weighted by Gasteiger charge is 2.05. The van der Waals surface area contributed by atoms with E-state index < -0.39 is 5.97 Å². The van der Waals surface area contributed by atoms with Gasteiger partial charge in [0.1, 0.15) is 5.69 Å². The van der Waals surface area contributed by atoms with E-state index in [-0.39, 0.29) is 18.3 Å². The van der Waals surface area contributed by atoms with Crippen molar-refractivity contribution in [1.29, 1.82) is 0 Å². The molecule has 0 spiro atoms. The van der Waals surface area contributed by atoms with E-state index in [4.69, 9.17) is 5.11 Å². The van der Waals surface area contributed by atoms with Crippen LogP contribution in [0.25, 0.3) is 0 Å². The normalized spacial score (nSPS) is 10.1. The summed E-state index contributed by atoms with van der Waals surface area (Å²) in [5.74, 6) is -1.08. The number of carboxylic acid groups (broad SMARTS) is 1. The quantitative estimate of drug-likeness (QED) is 0.743. The zero-order valence-corrected chi connectivity index (χ0v) is 11.4. The van der Waals surface area contributed by atoms with Crippen LogP contribution in [0.15, 0.2) is 30.6 Å². The lowest BCUT2D eigenvalue weighted by Crippen LogP contribution is -2.34. The average Bonchev–Trinajstić information content (AvgIpc) is 2.89. The fraction of sp³-hybridized carbons (Fsp3) is 0.231. The van der Waals surface area contributed by atoms with Gasteiger partial charge in [-0.15, -0.1) is 0 Å². The third-order valence-corrected chi connectivity index (χ3v) is 2.70. The molecule has 2 aromatic heterocycles. The number of aromatic nitrogens is 3. The SMILES string of the molecule is Cn1ccc(CNC(=O)NCc2ccc(C(=O)O)nc2)n1. The molecule has 0 aliphatic rings. The smallest absolute Gasteiger partial charge is 0.354 e. The van der Waals surface area contributed by atoms with Crippen LogP contribution in [0.5, 0.6) is 0 Å². The number of amides is 2. The second-order valence-electron chi connectivity index (χ2n) is 4.37. The molecule has 0 aliphatic carbocycles. The molecule has 0 bridgehead atoms. The van der Waals surface area contributed by atoms with Crippen LogP contribution in [-0.4, -0.2) is 31.9 Å². The number of pyridine rings is 1. The first-order valence-corrected chi connectivity index (χ1v) is 6.23. The number of nitrogens with zero attached hydrogens (tertiary/aromatic N) is 3. The number of aromatic carboxylic acids is 1. The van der Waals surface area contributed by atoms with Gasteiger partial charge in [-0.25, -0.2) is 14.6 Å². The fourth-order valence-corrected chi connectivity index (χ4v) is 1.63. The Bertz CT molecular complexity index is 636. The van der Waals surface area contributed by atoms with Gasteiger partial charge in [-0.1, -0.05) is 6.07 Å². The lowest BCUT2D eigenvalue weighted by atomic mass is 10.2. The first-order chi connectivity index (χ1) is 10.0. The van der Waals surface area contributed by atoms with E-state index in [1.165, 1.54) is 12.3 Å². The van der Waals surface area contributed by atoms with Gasteiger partial charge in [-0.05, 0) is 17.7 Å². The number of carboxylic acids is 1. The number of rotatable bonds is 5. The molecule has 0 fully saturated rings. The summed E-state index contributed by atoms with van der Waals surface area (Å²) in [5.41, 5.74) is 1.45. The van der Waals surface area contributed by atoms with E-state index in [0.29, 0.717) is 12.1 Å². The van der Waals surface area contributed by atoms with Gasteiger partial charge >= 0.3 is 12.0 Å². The van der Waals surface area contributed by atoms with E-state index in [1.807, 2.05) is 6.07 Å². The minimum atomic E-state index is -1.08. The standard InChI is InChI=1S/C13H15N5O3/c1-18-5-4-10(17-18)8-16-13(21)15-7-9-2-3-11(12(19)20)14-6-9/h2-6H,7-8H2,1H3,(H,19,20)(H2,15,16,21). The molecule has 0 radical (unpaired) electrons. The van der Waals surface area contributed by atoms with Gasteiger partial charge in [-0.3, -0.25) is 4.68 Å². The second kappa shape index (κ2) is 6.51. The molecule has 110 valence electrons. The molecule has 2 rings (SSSR count). The zero-order valence-electron chi connectivity index (χ0n) is 11.4. The molecule has 2 aromatic rings. The topological polar surface area (TPSA) is 109 Å². The highest BCUT2D eigenvalue weighted by molar-refractivity contribution is 5.85. The van der Waals surface area contributed by atoms with Crippen molar-refractivity contribution < 1.29 is 14.7 Å². The lowest BCUT2D eigenvalue weighted by molar-refractivity contribution is 0.0690. The van der Waals surface area contributed by atoms with Crippen molar-refractivity contribution in [2.24, 2.45) is 7.05 Å². The Hall–Kier alpha value is -2.90. The highest BCUT2D eigenvalue weighted by atomic mass is 16.4. The highest BCUT2D eigenvalue weighted by Crippen LogP contribution is 2.00. The zero-order chi connectivity index (χ0) is 15.2. The van der Waals surface area contributed by atoms with Gasteiger partial charge in [-0.2, -0.15) is 5.10 Å². The van der Waals surface area contributed by atoms with E-state index >= 15 is 0 Å². The Balaban J connectivity index is 1.77. The predicted octanol–water partition coefficient (Wildman–Crippen LogP) is 0.513. The Kier molecular flexibility index (Phi) is 4.50. The minimum absolute atomic E-state index is 0.0293. The van der Waals surface area contributed by atoms with Crippen molar-refractivity contribution >= 4 is 12.0 Å². The molecule has 0 saturated heterocycles. The first-order valence-electron chi connectivity index (χ1n) is 6.23. The third kappa shape index (κ3) is 4.30. The van der Waals surface area contributed by atoms with Crippen molar-refractivity contribution in [1.82, 2.24) is 25.4 Å². The van der Waals surface area contributed by atoms with Gasteiger partial charge in [0.05, 0.1) is 12.2 Å². The molecule has 8 nitrogen and oxygen atoms in total. The molecule has 0 saturated carbocycles. The molecule has 0 aliphatic heterocycles. The summed E-state index contributed by atoms with van der Waals surface area (Å²) in [7, 11) is 1.80. The van der Waals surface area contributed by atoms with Crippen molar-refractivity contribution in [3.63, 3.8) is 0 Å². The van der Waals surface area contributed by atoms with Gasteiger partial charge in [0.25, 0.3) is 0 Å². The summed E-state index contributed by atoms with van der Waals surface area (Å²) < 4.78 is 1.66. The van der Waals surface area contributed by atoms with Crippen LogP contribution in [0, 0.1) is 0 Å². The number of hydrogen-bond donors (Lipinski definition) is 3. The Morgan fingerprint density at radius 1 is 1.24 bits per heavy atom. The molecular weight excluding hydrogens is 274 g/mol. The number of hydrogen-bond acceptors (Lipinski definition) is 4. The lowest BCUT2D eigenvalue weighted by Gasteiger charge is -2.06. The molecule has 2 heterocycles. The largest absolute Gasteiger partial charge is 0.477 e. The maximum Gasteiger partial charge on any atom is 0.354 e. The van der Waals surface area contributed by atoms with Crippen LogP contribution in [0.4, 0.5) is 4.79 Å². The Labute approximate surface area is 120 Å². The minimum Gasteiger partial charge on any atom is -0.477 e. The summed E-state index contributed by atoms with van der Waals surface area (Å²) >= 11 is 0.